The minimum absolute atomic E-state index is 0.0245. The number of primary amides is 1. The number of aliphatic hydroxyl groups is 2. The molecule has 2 aliphatic rings. The molecule has 8 N–H and O–H groups in total. The van der Waals surface area contributed by atoms with Gasteiger partial charge in [-0.15, -0.1) is 0 Å². The fraction of sp³-hybridized carbons (Fsp3) is 0.286. The molecule has 2 aromatic rings. The van der Waals surface area contributed by atoms with Crippen LogP contribution in [0, 0.1) is 19.8 Å². The normalized spacial score (nSPS) is 26.0. The Bertz CT molecular complexity index is 1230. The fourth-order valence-electron chi connectivity index (χ4n) is 4.66. The van der Waals surface area contributed by atoms with Crippen LogP contribution < -0.4 is 11.5 Å². The molecule has 4 rings (SSSR count). The first-order valence-corrected chi connectivity index (χ1v) is 9.21. The number of aromatic hydroxyl groups is 2. The number of aryl methyl sites for hydroxylation is 2. The molecule has 30 heavy (non-hydrogen) atoms. The summed E-state index contributed by atoms with van der Waals surface area (Å²) in [5.74, 6) is -6.67. The van der Waals surface area contributed by atoms with E-state index in [1.807, 2.05) is 0 Å². The third-order valence-corrected chi connectivity index (χ3v) is 6.37. The van der Waals surface area contributed by atoms with Crippen molar-refractivity contribution >= 4 is 28.2 Å². The van der Waals surface area contributed by atoms with Crippen LogP contribution in [0.5, 0.6) is 11.5 Å². The summed E-state index contributed by atoms with van der Waals surface area (Å²) in [4.78, 5) is 37.6. The number of hydrogen-bond acceptors (Lipinski definition) is 8. The molecule has 0 saturated heterocycles. The van der Waals surface area contributed by atoms with Crippen LogP contribution in [0.4, 0.5) is 0 Å². The SMILES string of the molecule is Cc1ccc2c(C)c3c(c(O)c2c1O)C(=O)C1(O)C(O)=C(C(N)=O)C(=O)C(N)C1C3. The maximum atomic E-state index is 13.4. The van der Waals surface area contributed by atoms with Crippen molar-refractivity contribution in [2.75, 3.05) is 0 Å². The van der Waals surface area contributed by atoms with Gasteiger partial charge in [-0.2, -0.15) is 0 Å². The third-order valence-electron chi connectivity index (χ3n) is 6.37. The van der Waals surface area contributed by atoms with E-state index in [4.69, 9.17) is 11.5 Å². The number of hydrogen-bond donors (Lipinski definition) is 6. The van der Waals surface area contributed by atoms with Gasteiger partial charge in [-0.25, -0.2) is 0 Å². The van der Waals surface area contributed by atoms with Crippen LogP contribution in [-0.2, 0) is 16.0 Å². The van der Waals surface area contributed by atoms with Crippen molar-refractivity contribution in [1.29, 1.82) is 0 Å². The Labute approximate surface area is 170 Å². The number of aliphatic hydroxyl groups excluding tert-OH is 1. The molecule has 0 radical (unpaired) electrons. The van der Waals surface area contributed by atoms with Gasteiger partial charge in [-0.05, 0) is 42.3 Å². The molecule has 0 heterocycles. The molecule has 1 amide bonds. The van der Waals surface area contributed by atoms with E-state index in [-0.39, 0.29) is 23.1 Å². The summed E-state index contributed by atoms with van der Waals surface area (Å²) in [6, 6.07) is 1.86. The lowest BCUT2D eigenvalue weighted by molar-refractivity contribution is -0.127. The summed E-state index contributed by atoms with van der Waals surface area (Å²) in [7, 11) is 0. The van der Waals surface area contributed by atoms with Gasteiger partial charge in [0.25, 0.3) is 5.91 Å². The van der Waals surface area contributed by atoms with E-state index >= 15 is 0 Å². The van der Waals surface area contributed by atoms with Crippen LogP contribution in [0.3, 0.4) is 0 Å². The first kappa shape index (κ1) is 19.9. The molecule has 0 aromatic heterocycles. The quantitative estimate of drug-likeness (QED) is 0.358. The van der Waals surface area contributed by atoms with Gasteiger partial charge in [0.1, 0.15) is 22.8 Å². The average Bonchev–Trinajstić information content (AvgIpc) is 2.68. The van der Waals surface area contributed by atoms with Crippen molar-refractivity contribution in [3.8, 4) is 11.5 Å². The third kappa shape index (κ3) is 2.16. The smallest absolute Gasteiger partial charge is 0.255 e. The molecule has 0 spiro atoms. The largest absolute Gasteiger partial charge is 0.508 e. The number of ketones is 2. The molecule has 0 saturated carbocycles. The number of fused-ring (bicyclic) bond motifs is 3. The summed E-state index contributed by atoms with van der Waals surface area (Å²) in [5, 5.41) is 43.7. The predicted octanol–water partition coefficient (Wildman–Crippen LogP) is 0.161. The highest BCUT2D eigenvalue weighted by molar-refractivity contribution is 6.25. The molecule has 9 heteroatoms. The van der Waals surface area contributed by atoms with E-state index in [9.17, 15) is 34.8 Å². The van der Waals surface area contributed by atoms with Crippen LogP contribution in [0.1, 0.15) is 27.0 Å². The Morgan fingerprint density at radius 3 is 2.37 bits per heavy atom. The Hall–Kier alpha value is -3.43. The average molecular weight is 412 g/mol. The van der Waals surface area contributed by atoms with E-state index in [0.717, 1.165) is 0 Å². The highest BCUT2D eigenvalue weighted by atomic mass is 16.3. The van der Waals surface area contributed by atoms with Gasteiger partial charge in [-0.1, -0.05) is 12.1 Å². The summed E-state index contributed by atoms with van der Waals surface area (Å²) in [5.41, 5.74) is 8.49. The van der Waals surface area contributed by atoms with Crippen LogP contribution in [0.15, 0.2) is 23.5 Å². The molecular weight excluding hydrogens is 392 g/mol. The van der Waals surface area contributed by atoms with Gasteiger partial charge in [0.2, 0.25) is 5.78 Å². The number of Topliss-reactive ketones (excluding diaryl/α,β-unsaturated/α-hetero) is 2. The highest BCUT2D eigenvalue weighted by Crippen LogP contribution is 2.50. The number of carbonyl (C=O) groups is 3. The number of rotatable bonds is 1. The maximum absolute atomic E-state index is 13.4. The monoisotopic (exact) mass is 412 g/mol. The van der Waals surface area contributed by atoms with Crippen molar-refractivity contribution in [1.82, 2.24) is 0 Å². The molecule has 0 aliphatic heterocycles. The van der Waals surface area contributed by atoms with Gasteiger partial charge in [-0.3, -0.25) is 14.4 Å². The number of phenolic OH excluding ortho intramolecular Hbond substituents is 2. The minimum atomic E-state index is -2.72. The lowest BCUT2D eigenvalue weighted by Gasteiger charge is -2.44. The number of carbonyl (C=O) groups excluding carboxylic acids is 3. The maximum Gasteiger partial charge on any atom is 0.255 e. The van der Waals surface area contributed by atoms with E-state index in [2.05, 4.69) is 0 Å². The molecule has 3 atom stereocenters. The summed E-state index contributed by atoms with van der Waals surface area (Å²) >= 11 is 0. The second-order valence-corrected chi connectivity index (χ2v) is 7.86. The molecule has 3 unspecified atom stereocenters. The number of nitrogens with two attached hydrogens (primary N) is 2. The van der Waals surface area contributed by atoms with Gasteiger partial charge in [0, 0.05) is 5.92 Å². The van der Waals surface area contributed by atoms with Crippen LogP contribution in [0.25, 0.3) is 10.8 Å². The zero-order valence-electron chi connectivity index (χ0n) is 16.2. The number of amides is 1. The Balaban J connectivity index is 2.11. The van der Waals surface area contributed by atoms with Crippen molar-refractivity contribution in [3.63, 3.8) is 0 Å². The molecule has 0 fully saturated rings. The van der Waals surface area contributed by atoms with Crippen molar-refractivity contribution in [2.24, 2.45) is 17.4 Å². The lowest BCUT2D eigenvalue weighted by atomic mass is 9.61. The van der Waals surface area contributed by atoms with E-state index in [1.54, 1.807) is 26.0 Å². The van der Waals surface area contributed by atoms with Crippen LogP contribution >= 0.6 is 0 Å². The van der Waals surface area contributed by atoms with Crippen molar-refractivity contribution < 1.29 is 34.8 Å². The Kier molecular flexibility index (Phi) is 4.00. The molecule has 0 bridgehead atoms. The Morgan fingerprint density at radius 2 is 1.77 bits per heavy atom. The van der Waals surface area contributed by atoms with Crippen LogP contribution in [-0.4, -0.2) is 49.5 Å². The van der Waals surface area contributed by atoms with Crippen molar-refractivity contribution in [2.45, 2.75) is 31.9 Å². The van der Waals surface area contributed by atoms with Gasteiger partial charge < -0.3 is 31.9 Å². The predicted molar refractivity (Wildman–Crippen MR) is 105 cm³/mol. The minimum Gasteiger partial charge on any atom is -0.508 e. The molecule has 2 aromatic carbocycles. The number of phenols is 2. The van der Waals surface area contributed by atoms with E-state index in [0.29, 0.717) is 22.1 Å². The molecule has 156 valence electrons. The van der Waals surface area contributed by atoms with E-state index < -0.39 is 52.1 Å². The molecule has 9 nitrogen and oxygen atoms in total. The van der Waals surface area contributed by atoms with Gasteiger partial charge >= 0.3 is 0 Å². The second-order valence-electron chi connectivity index (χ2n) is 7.86. The fourth-order valence-corrected chi connectivity index (χ4v) is 4.66. The summed E-state index contributed by atoms with van der Waals surface area (Å²) in [6.45, 7) is 3.29. The van der Waals surface area contributed by atoms with Crippen molar-refractivity contribution in [3.05, 3.63) is 45.7 Å². The Morgan fingerprint density at radius 1 is 1.13 bits per heavy atom. The van der Waals surface area contributed by atoms with Gasteiger partial charge in [0.05, 0.1) is 17.0 Å². The number of benzene rings is 2. The topological polar surface area (TPSA) is 184 Å². The van der Waals surface area contributed by atoms with Gasteiger partial charge in [0.15, 0.2) is 11.4 Å². The zero-order valence-corrected chi connectivity index (χ0v) is 16.2. The summed E-state index contributed by atoms with van der Waals surface area (Å²) < 4.78 is 0. The van der Waals surface area contributed by atoms with Crippen LogP contribution in [0.2, 0.25) is 0 Å². The van der Waals surface area contributed by atoms with E-state index in [1.165, 1.54) is 0 Å². The first-order valence-electron chi connectivity index (χ1n) is 9.21. The second kappa shape index (κ2) is 6.04. The molecule has 2 aliphatic carbocycles. The zero-order chi connectivity index (χ0) is 22.3. The summed E-state index contributed by atoms with van der Waals surface area (Å²) in [6.07, 6.45) is -0.134. The first-order chi connectivity index (χ1) is 13.9. The standard InChI is InChI=1S/C21H20N2O7/c1-6-3-4-8-7(2)9-5-10-14(22)17(26)13(20(23)29)19(28)21(10,30)18(27)12(9)16(25)11(8)15(6)24/h3-4,10,14,24-25,28,30H,5,22H2,1-2H3,(H2,23,29). The lowest BCUT2D eigenvalue weighted by Crippen LogP contribution is -2.64. The highest BCUT2D eigenvalue weighted by Gasteiger charge is 2.61. The molecular formula is C21H20N2O7.